The largest absolute Gasteiger partial charge is 0.324 e. The lowest BCUT2D eigenvalue weighted by Crippen LogP contribution is -2.13. The van der Waals surface area contributed by atoms with E-state index in [2.05, 4.69) is 6.58 Å². The van der Waals surface area contributed by atoms with Crippen molar-refractivity contribution in [1.82, 2.24) is 0 Å². The smallest absolute Gasteiger partial charge is 0.130 e. The predicted octanol–water partition coefficient (Wildman–Crippen LogP) is 3.63. The van der Waals surface area contributed by atoms with Gasteiger partial charge in [-0.1, -0.05) is 5.57 Å². The first-order valence-electron chi connectivity index (χ1n) is 5.27. The molecule has 1 nitrogen and oxygen atoms in total. The van der Waals surface area contributed by atoms with Crippen molar-refractivity contribution in [3.8, 4) is 0 Å². The Morgan fingerprint density at radius 2 is 2.00 bits per heavy atom. The zero-order chi connectivity index (χ0) is 12.3. The van der Waals surface area contributed by atoms with Gasteiger partial charge in [0, 0.05) is 17.7 Å². The summed E-state index contributed by atoms with van der Waals surface area (Å²) in [5.74, 6) is -1.11. The second-order valence-corrected chi connectivity index (χ2v) is 4.23. The number of hydrogen-bond donors (Lipinski definition) is 1. The minimum absolute atomic E-state index is 0.375. The quantitative estimate of drug-likeness (QED) is 0.778. The highest BCUT2D eigenvalue weighted by Gasteiger charge is 2.13. The van der Waals surface area contributed by atoms with Crippen molar-refractivity contribution in [1.29, 1.82) is 0 Å². The van der Waals surface area contributed by atoms with Crippen LogP contribution < -0.4 is 5.73 Å². The van der Waals surface area contributed by atoms with E-state index in [0.29, 0.717) is 17.5 Å². The van der Waals surface area contributed by atoms with Crippen LogP contribution in [0.3, 0.4) is 0 Å². The monoisotopic (exact) mass is 225 g/mol. The number of allylic oxidation sites excluding steroid dienone is 1. The molecule has 1 unspecified atom stereocenters. The highest BCUT2D eigenvalue weighted by Crippen LogP contribution is 2.23. The van der Waals surface area contributed by atoms with Gasteiger partial charge in [0.2, 0.25) is 0 Å². The average Bonchev–Trinajstić information content (AvgIpc) is 2.20. The molecule has 0 amide bonds. The summed E-state index contributed by atoms with van der Waals surface area (Å²) >= 11 is 0. The summed E-state index contributed by atoms with van der Waals surface area (Å²) in [6.07, 6.45) is 1.37. The topological polar surface area (TPSA) is 26.0 Å². The Morgan fingerprint density at radius 3 is 2.56 bits per heavy atom. The van der Waals surface area contributed by atoms with Crippen molar-refractivity contribution in [2.75, 3.05) is 0 Å². The van der Waals surface area contributed by atoms with Crippen molar-refractivity contribution >= 4 is 0 Å². The van der Waals surface area contributed by atoms with Gasteiger partial charge in [-0.2, -0.15) is 0 Å². The van der Waals surface area contributed by atoms with Crippen LogP contribution in [0.25, 0.3) is 0 Å². The van der Waals surface area contributed by atoms with E-state index in [1.54, 1.807) is 6.92 Å². The molecule has 0 aliphatic rings. The zero-order valence-electron chi connectivity index (χ0n) is 9.69. The van der Waals surface area contributed by atoms with E-state index in [9.17, 15) is 8.78 Å². The van der Waals surface area contributed by atoms with E-state index in [4.69, 9.17) is 5.73 Å². The lowest BCUT2D eigenvalue weighted by Gasteiger charge is -2.14. The van der Waals surface area contributed by atoms with Gasteiger partial charge in [0.25, 0.3) is 0 Å². The molecule has 1 rings (SSSR count). The molecule has 0 fully saturated rings. The van der Waals surface area contributed by atoms with Gasteiger partial charge in [-0.05, 0) is 38.3 Å². The lowest BCUT2D eigenvalue weighted by molar-refractivity contribution is 0.540. The van der Waals surface area contributed by atoms with E-state index in [1.807, 2.05) is 6.92 Å². The van der Waals surface area contributed by atoms with Gasteiger partial charge in [-0.25, -0.2) is 8.78 Å². The summed E-state index contributed by atoms with van der Waals surface area (Å²) in [5.41, 5.74) is 7.66. The Hall–Kier alpha value is -1.22. The summed E-state index contributed by atoms with van der Waals surface area (Å²) in [6.45, 7) is 7.27. The van der Waals surface area contributed by atoms with Gasteiger partial charge >= 0.3 is 0 Å². The first-order valence-corrected chi connectivity index (χ1v) is 5.27. The van der Waals surface area contributed by atoms with Crippen LogP contribution in [0, 0.1) is 18.6 Å². The van der Waals surface area contributed by atoms with E-state index in [-0.39, 0.29) is 0 Å². The Kier molecular flexibility index (Phi) is 4.19. The first kappa shape index (κ1) is 12.8. The molecule has 0 heterocycles. The maximum atomic E-state index is 13.5. The molecular formula is C13H17F2N. The summed E-state index contributed by atoms with van der Waals surface area (Å²) in [4.78, 5) is 0. The molecule has 2 N–H and O–H groups in total. The molecule has 0 saturated carbocycles. The summed E-state index contributed by atoms with van der Waals surface area (Å²) in [7, 11) is 0. The molecule has 0 radical (unpaired) electrons. The fourth-order valence-electron chi connectivity index (χ4n) is 1.52. The average molecular weight is 225 g/mol. The van der Waals surface area contributed by atoms with Gasteiger partial charge < -0.3 is 5.73 Å². The first-order chi connectivity index (χ1) is 7.41. The molecular weight excluding hydrogens is 208 g/mol. The van der Waals surface area contributed by atoms with Crippen LogP contribution in [0.1, 0.15) is 36.9 Å². The highest BCUT2D eigenvalue weighted by molar-refractivity contribution is 5.28. The minimum Gasteiger partial charge on any atom is -0.324 e. The fourth-order valence-corrected chi connectivity index (χ4v) is 1.52. The molecule has 3 heteroatoms. The molecule has 1 aromatic carbocycles. The van der Waals surface area contributed by atoms with Gasteiger partial charge in [-0.3, -0.25) is 0 Å². The number of hydrogen-bond acceptors (Lipinski definition) is 1. The summed E-state index contributed by atoms with van der Waals surface area (Å²) < 4.78 is 26.5. The second kappa shape index (κ2) is 5.21. The van der Waals surface area contributed by atoms with E-state index in [1.165, 1.54) is 6.07 Å². The van der Waals surface area contributed by atoms with E-state index in [0.717, 1.165) is 18.1 Å². The third-order valence-corrected chi connectivity index (χ3v) is 2.56. The van der Waals surface area contributed by atoms with Crippen molar-refractivity contribution in [3.63, 3.8) is 0 Å². The van der Waals surface area contributed by atoms with Gasteiger partial charge in [0.05, 0.1) is 0 Å². The predicted molar refractivity (Wildman–Crippen MR) is 62.1 cm³/mol. The maximum absolute atomic E-state index is 13.5. The van der Waals surface area contributed by atoms with Crippen LogP contribution >= 0.6 is 0 Å². The number of nitrogens with two attached hydrogens (primary N) is 1. The lowest BCUT2D eigenvalue weighted by atomic mass is 9.98. The Balaban J connectivity index is 2.86. The molecule has 0 aliphatic heterocycles. The number of benzene rings is 1. The Morgan fingerprint density at radius 1 is 1.38 bits per heavy atom. The molecule has 1 atom stereocenters. The van der Waals surface area contributed by atoms with Crippen LogP contribution in [0.15, 0.2) is 24.3 Å². The molecule has 0 bridgehead atoms. The standard InChI is InChI=1S/C13H17F2N/c1-8(2)4-5-13(16)10-6-9(3)11(14)7-12(10)15/h6-7,13H,1,4-5,16H2,2-3H3. The van der Waals surface area contributed by atoms with Gasteiger partial charge in [-0.15, -0.1) is 6.58 Å². The molecule has 0 spiro atoms. The van der Waals surface area contributed by atoms with Crippen LogP contribution in [-0.4, -0.2) is 0 Å². The second-order valence-electron chi connectivity index (χ2n) is 4.23. The van der Waals surface area contributed by atoms with Crippen molar-refractivity contribution in [2.24, 2.45) is 5.73 Å². The van der Waals surface area contributed by atoms with E-state index < -0.39 is 17.7 Å². The molecule has 0 aliphatic carbocycles. The van der Waals surface area contributed by atoms with Crippen LogP contribution in [0.2, 0.25) is 0 Å². The summed E-state index contributed by atoms with van der Waals surface area (Å²) in [5, 5.41) is 0. The fraction of sp³-hybridized carbons (Fsp3) is 0.385. The van der Waals surface area contributed by atoms with Crippen LogP contribution in [0.4, 0.5) is 8.78 Å². The Labute approximate surface area is 95.0 Å². The van der Waals surface area contributed by atoms with Crippen LogP contribution in [0.5, 0.6) is 0 Å². The van der Waals surface area contributed by atoms with Gasteiger partial charge in [0.1, 0.15) is 11.6 Å². The van der Waals surface area contributed by atoms with Gasteiger partial charge in [0.15, 0.2) is 0 Å². The zero-order valence-corrected chi connectivity index (χ0v) is 9.69. The maximum Gasteiger partial charge on any atom is 0.130 e. The summed E-state index contributed by atoms with van der Waals surface area (Å²) in [6, 6.07) is 1.97. The van der Waals surface area contributed by atoms with Crippen LogP contribution in [-0.2, 0) is 0 Å². The number of rotatable bonds is 4. The highest BCUT2D eigenvalue weighted by atomic mass is 19.1. The third-order valence-electron chi connectivity index (χ3n) is 2.56. The normalized spacial score (nSPS) is 12.6. The molecule has 0 aromatic heterocycles. The third kappa shape index (κ3) is 3.14. The van der Waals surface area contributed by atoms with E-state index >= 15 is 0 Å². The molecule has 0 saturated heterocycles. The minimum atomic E-state index is -0.572. The van der Waals surface area contributed by atoms with Crippen molar-refractivity contribution in [3.05, 3.63) is 47.0 Å². The number of aryl methyl sites for hydroxylation is 1. The molecule has 1 aromatic rings. The van der Waals surface area contributed by atoms with Crippen molar-refractivity contribution in [2.45, 2.75) is 32.7 Å². The van der Waals surface area contributed by atoms with Crippen molar-refractivity contribution < 1.29 is 8.78 Å². The SMILES string of the molecule is C=C(C)CCC(N)c1cc(C)c(F)cc1F. The molecule has 16 heavy (non-hydrogen) atoms. The number of halogens is 2. The Bertz CT molecular complexity index is 399. The molecule has 88 valence electrons.